The average molecular weight is 442 g/mol. The monoisotopic (exact) mass is 440 g/mol. The van der Waals surface area contributed by atoms with Crippen LogP contribution in [-0.2, 0) is 20.4 Å². The Kier molecular flexibility index (Phi) is 5.59. The molecule has 0 saturated heterocycles. The Morgan fingerprint density at radius 2 is 1.54 bits per heavy atom. The van der Waals surface area contributed by atoms with Gasteiger partial charge in [0.05, 0.1) is 0 Å². The molecule has 0 spiro atoms. The van der Waals surface area contributed by atoms with E-state index in [0.717, 1.165) is 7.25 Å². The zero-order valence-corrected chi connectivity index (χ0v) is 21.2. The van der Waals surface area contributed by atoms with Crippen LogP contribution in [0.4, 0.5) is 0 Å². The molecule has 0 nitrogen and oxygen atoms in total. The van der Waals surface area contributed by atoms with Crippen LogP contribution in [0, 0.1) is 10.8 Å². The number of rotatable bonds is 2. The molecule has 0 fully saturated rings. The first-order chi connectivity index (χ1) is 12.0. The maximum atomic E-state index is 2.70. The zero-order valence-electron chi connectivity index (χ0n) is 17.8. The summed E-state index contributed by atoms with van der Waals surface area (Å²) in [6.07, 6.45) is 10.4. The molecule has 3 rings (SSSR count). The summed E-state index contributed by atoms with van der Waals surface area (Å²) in [5.41, 5.74) is 6.55. The topological polar surface area (TPSA) is 0 Å². The van der Waals surface area contributed by atoms with Gasteiger partial charge in [0.2, 0.25) is 0 Å². The Labute approximate surface area is 168 Å². The summed E-state index contributed by atoms with van der Waals surface area (Å²) in [5.74, 6) is 0. The van der Waals surface area contributed by atoms with Crippen LogP contribution in [0.15, 0.2) is 54.1 Å². The summed E-state index contributed by atoms with van der Waals surface area (Å²) in [6, 6.07) is 9.27. The van der Waals surface area contributed by atoms with Gasteiger partial charge in [-0.3, -0.25) is 0 Å². The van der Waals surface area contributed by atoms with Gasteiger partial charge in [-0.1, -0.05) is 0 Å². The third-order valence-electron chi connectivity index (χ3n) is 5.71. The van der Waals surface area contributed by atoms with Crippen LogP contribution in [0.25, 0.3) is 5.57 Å². The maximum absolute atomic E-state index is 2.70. The van der Waals surface area contributed by atoms with Crippen molar-refractivity contribution < 1.29 is 20.4 Å². The molecule has 2 aliphatic carbocycles. The summed E-state index contributed by atoms with van der Waals surface area (Å²) in [4.78, 5) is 0. The summed E-state index contributed by atoms with van der Waals surface area (Å²) >= 11 is -1.72. The number of benzene rings is 1. The fourth-order valence-electron chi connectivity index (χ4n) is 4.33. The number of fused-ring (bicyclic) bond motifs is 1. The molecule has 2 atom stereocenters. The first-order valence-corrected chi connectivity index (χ1v) is 18.9. The van der Waals surface area contributed by atoms with E-state index in [1.165, 1.54) is 5.56 Å². The number of hydrogen-bond acceptors (Lipinski definition) is 0. The standard InChI is InChI=1S/C13H15.C9H13.C2H6Si.Zr/c1-13(2,3)12-9-8-10-6-4-5-7-11(10)12;1-9(2,3)8-6-4-5-7-8;1-3-2;/h4-9H,1-3H3;4-7H,1-3H3;1-2H3;. The van der Waals surface area contributed by atoms with Crippen LogP contribution in [0.2, 0.25) is 16.7 Å². The van der Waals surface area contributed by atoms with Crippen molar-refractivity contribution in [1.82, 2.24) is 0 Å². The van der Waals surface area contributed by atoms with E-state index in [-0.39, 0.29) is 16.3 Å². The minimum absolute atomic E-state index is 0.228. The van der Waals surface area contributed by atoms with Gasteiger partial charge in [-0.15, -0.1) is 0 Å². The Hall–Kier alpha value is -0.460. The molecule has 0 amide bonds. The Bertz CT molecular complexity index is 834. The number of hydrogen-bond donors (Lipinski definition) is 0. The Balaban J connectivity index is 2.09. The van der Waals surface area contributed by atoms with Gasteiger partial charge in [0.1, 0.15) is 0 Å². The molecule has 2 unspecified atom stereocenters. The molecule has 0 bridgehead atoms. The van der Waals surface area contributed by atoms with E-state index < -0.39 is 20.4 Å². The molecule has 0 aliphatic heterocycles. The molecular formula is C24H34SiZr. The van der Waals surface area contributed by atoms with Crippen molar-refractivity contribution >= 4 is 11.0 Å². The molecule has 0 N–H and O–H groups in total. The van der Waals surface area contributed by atoms with E-state index in [9.17, 15) is 0 Å². The third kappa shape index (κ3) is 3.88. The van der Waals surface area contributed by atoms with Gasteiger partial charge in [-0.05, 0) is 0 Å². The van der Waals surface area contributed by atoms with Gasteiger partial charge < -0.3 is 0 Å². The first-order valence-electron chi connectivity index (χ1n) is 9.89. The van der Waals surface area contributed by atoms with Crippen molar-refractivity contribution in [3.05, 3.63) is 65.3 Å². The van der Waals surface area contributed by atoms with Crippen molar-refractivity contribution in [2.45, 2.75) is 61.9 Å². The third-order valence-corrected chi connectivity index (χ3v) is 24.7. The van der Waals surface area contributed by atoms with Gasteiger partial charge in [0.15, 0.2) is 0 Å². The second-order valence-electron chi connectivity index (χ2n) is 10.1. The fourth-order valence-corrected chi connectivity index (χ4v) is 22.5. The Morgan fingerprint density at radius 3 is 2.08 bits per heavy atom. The minimum atomic E-state index is -1.72. The van der Waals surface area contributed by atoms with E-state index in [1.807, 2.05) is 0 Å². The van der Waals surface area contributed by atoms with E-state index in [2.05, 4.69) is 103 Å². The van der Waals surface area contributed by atoms with E-state index in [4.69, 9.17) is 0 Å². The molecule has 1 aromatic rings. The molecule has 0 heterocycles. The quantitative estimate of drug-likeness (QED) is 0.420. The fraction of sp³-hybridized carbons (Fsp3) is 0.500. The Morgan fingerprint density at radius 1 is 0.885 bits per heavy atom. The molecule has 0 radical (unpaired) electrons. The molecule has 2 heteroatoms. The van der Waals surface area contributed by atoms with Crippen LogP contribution >= 0.6 is 0 Å². The SMILES string of the molecule is C[Si](C)=[Zr]([CH]1C=CC(C(C)(C)C)=C1)[CH]1C=C(C(C)(C)C)c2ccccc21. The number of allylic oxidation sites excluding steroid dienone is 6. The van der Waals surface area contributed by atoms with Crippen LogP contribution < -0.4 is 0 Å². The summed E-state index contributed by atoms with van der Waals surface area (Å²) in [5, 5.41) is 0. The predicted octanol–water partition coefficient (Wildman–Crippen LogP) is 7.37. The van der Waals surface area contributed by atoms with E-state index in [1.54, 1.807) is 16.7 Å². The average Bonchev–Trinajstić information content (AvgIpc) is 3.12. The molecule has 2 aliphatic rings. The van der Waals surface area contributed by atoms with Gasteiger partial charge >= 0.3 is 169 Å². The van der Waals surface area contributed by atoms with Gasteiger partial charge in [0.25, 0.3) is 0 Å². The molecule has 138 valence electrons. The van der Waals surface area contributed by atoms with Gasteiger partial charge in [0, 0.05) is 0 Å². The van der Waals surface area contributed by atoms with Crippen LogP contribution in [-0.4, -0.2) is 5.43 Å². The second kappa shape index (κ2) is 7.17. The van der Waals surface area contributed by atoms with E-state index >= 15 is 0 Å². The van der Waals surface area contributed by atoms with E-state index in [0.29, 0.717) is 0 Å². The normalized spacial score (nSPS) is 22.2. The van der Waals surface area contributed by atoms with Crippen molar-refractivity contribution in [3.63, 3.8) is 0 Å². The van der Waals surface area contributed by atoms with Crippen molar-refractivity contribution in [1.29, 1.82) is 0 Å². The van der Waals surface area contributed by atoms with Crippen molar-refractivity contribution in [2.24, 2.45) is 10.8 Å². The van der Waals surface area contributed by atoms with Gasteiger partial charge in [-0.2, -0.15) is 0 Å². The van der Waals surface area contributed by atoms with Crippen LogP contribution in [0.3, 0.4) is 0 Å². The van der Waals surface area contributed by atoms with Gasteiger partial charge in [-0.25, -0.2) is 0 Å². The first kappa shape index (κ1) is 20.3. The molecule has 0 saturated carbocycles. The molecule has 1 aromatic carbocycles. The predicted molar refractivity (Wildman–Crippen MR) is 115 cm³/mol. The van der Waals surface area contributed by atoms with Crippen molar-refractivity contribution in [3.8, 4) is 0 Å². The summed E-state index contributed by atoms with van der Waals surface area (Å²) in [7, 11) is 0. The van der Waals surface area contributed by atoms with Crippen LogP contribution in [0.5, 0.6) is 0 Å². The van der Waals surface area contributed by atoms with Crippen LogP contribution in [0.1, 0.15) is 56.3 Å². The summed E-state index contributed by atoms with van der Waals surface area (Å²) in [6.45, 7) is 19.3. The molecular weight excluding hydrogens is 408 g/mol. The zero-order chi connectivity index (χ0) is 19.3. The molecule has 26 heavy (non-hydrogen) atoms. The molecule has 0 aromatic heterocycles. The van der Waals surface area contributed by atoms with Crippen molar-refractivity contribution in [2.75, 3.05) is 0 Å². The second-order valence-corrected chi connectivity index (χ2v) is 28.3. The summed E-state index contributed by atoms with van der Waals surface area (Å²) < 4.78 is 1.51.